The molecule has 0 aliphatic heterocycles. The van der Waals surface area contributed by atoms with Gasteiger partial charge in [-0.3, -0.25) is 0 Å². The van der Waals surface area contributed by atoms with Crippen molar-refractivity contribution in [2.75, 3.05) is 0 Å². The quantitative estimate of drug-likeness (QED) is 0.366. The molecule has 0 spiro atoms. The van der Waals surface area contributed by atoms with Crippen LogP contribution in [0.25, 0.3) is 24.3 Å². The summed E-state index contributed by atoms with van der Waals surface area (Å²) in [5.41, 5.74) is 5.20. The maximum absolute atomic E-state index is 12.2. The molecule has 4 nitrogen and oxygen atoms in total. The van der Waals surface area contributed by atoms with Crippen LogP contribution in [0.5, 0.6) is 0 Å². The first kappa shape index (κ1) is 25.1. The minimum atomic E-state index is -3.52. The van der Waals surface area contributed by atoms with E-state index in [2.05, 4.69) is 0 Å². The maximum atomic E-state index is 12.2. The predicted molar refractivity (Wildman–Crippen MR) is 143 cm³/mol. The highest BCUT2D eigenvalue weighted by atomic mass is 32.2. The van der Waals surface area contributed by atoms with Crippen LogP contribution in [0.2, 0.25) is 0 Å². The smallest absolute Gasteiger partial charge is 0.193 e. The van der Waals surface area contributed by atoms with Crippen LogP contribution in [0.3, 0.4) is 0 Å². The molecule has 0 aliphatic carbocycles. The zero-order valence-electron chi connectivity index (χ0n) is 19.0. The first-order valence-corrected chi connectivity index (χ1v) is 13.8. The zero-order valence-corrected chi connectivity index (χ0v) is 20.6. The molecule has 0 radical (unpaired) electrons. The van der Waals surface area contributed by atoms with Gasteiger partial charge in [0, 0.05) is 21.6 Å². The molecule has 174 valence electrons. The van der Waals surface area contributed by atoms with Crippen molar-refractivity contribution < 1.29 is 16.8 Å². The van der Waals surface area contributed by atoms with Crippen LogP contribution in [0.15, 0.2) is 94.4 Å². The van der Waals surface area contributed by atoms with Gasteiger partial charge >= 0.3 is 0 Å². The highest BCUT2D eigenvalue weighted by molar-refractivity contribution is 7.97. The van der Waals surface area contributed by atoms with Gasteiger partial charge in [0.2, 0.25) is 0 Å². The number of aryl methyl sites for hydroxylation is 2. The summed E-state index contributed by atoms with van der Waals surface area (Å²) in [6, 6.07) is 22.0. The predicted octanol–water partition coefficient (Wildman–Crippen LogP) is 6.42. The summed E-state index contributed by atoms with van der Waals surface area (Å²) in [5, 5.41) is 4.62. The Bertz CT molecular complexity index is 1320. The maximum Gasteiger partial charge on any atom is 0.193 e. The monoisotopic (exact) mass is 490 g/mol. The van der Waals surface area contributed by atoms with E-state index in [4.69, 9.17) is 0 Å². The number of benzene rings is 3. The van der Waals surface area contributed by atoms with Crippen molar-refractivity contribution in [1.29, 1.82) is 0 Å². The molecule has 0 saturated heterocycles. The third-order valence-electron chi connectivity index (χ3n) is 4.89. The fraction of sp³-hybridized carbons (Fsp3) is 0.0714. The number of hydrogen-bond donors (Lipinski definition) is 0. The van der Waals surface area contributed by atoms with E-state index in [9.17, 15) is 16.8 Å². The molecule has 6 heteroatoms. The molecular weight excluding hydrogens is 464 g/mol. The highest BCUT2D eigenvalue weighted by Gasteiger charge is 2.02. The third kappa shape index (κ3) is 8.46. The minimum absolute atomic E-state index is 0.687. The van der Waals surface area contributed by atoms with Crippen LogP contribution >= 0.6 is 0 Å². The second-order valence-corrected chi connectivity index (χ2v) is 11.3. The molecule has 0 aromatic heterocycles. The van der Waals surface area contributed by atoms with Crippen LogP contribution in [0.1, 0.15) is 33.4 Å². The van der Waals surface area contributed by atoms with Gasteiger partial charge < -0.3 is 0 Å². The van der Waals surface area contributed by atoms with Crippen molar-refractivity contribution in [3.8, 4) is 0 Å². The zero-order chi connectivity index (χ0) is 24.6. The molecule has 0 N–H and O–H groups in total. The molecule has 0 saturated carbocycles. The van der Waals surface area contributed by atoms with Gasteiger partial charge in [0.1, 0.15) is 0 Å². The summed E-state index contributed by atoms with van der Waals surface area (Å²) >= 11 is 0. The van der Waals surface area contributed by atoms with Gasteiger partial charge in [-0.25, -0.2) is 16.8 Å². The standard InChI is InChI=1S/C28H26O4S2/c1-23-3-7-25(8-4-23)15-19-33(29,30)21-17-27-11-13-28(14-12-27)18-22-34(31,32)20-16-26-9-5-24(2)6-10-26/h3-22H,1-2H3/b19-15-,20-16-,21-17+,22-18+. The van der Waals surface area contributed by atoms with Crippen molar-refractivity contribution in [3.63, 3.8) is 0 Å². The van der Waals surface area contributed by atoms with E-state index >= 15 is 0 Å². The molecule has 3 aromatic rings. The molecular formula is C28H26O4S2. The van der Waals surface area contributed by atoms with Gasteiger partial charge in [-0.1, -0.05) is 83.9 Å². The molecule has 0 unspecified atom stereocenters. The second kappa shape index (κ2) is 11.1. The topological polar surface area (TPSA) is 68.3 Å². The molecule has 34 heavy (non-hydrogen) atoms. The SMILES string of the molecule is Cc1ccc(/C=C\S(=O)(=O)/C=C/c2ccc(/C=C/S(=O)(=O)/C=C\c3ccc(C)cc3)cc2)cc1. The summed E-state index contributed by atoms with van der Waals surface area (Å²) in [4.78, 5) is 0. The van der Waals surface area contributed by atoms with Gasteiger partial charge in [0.25, 0.3) is 0 Å². The van der Waals surface area contributed by atoms with Gasteiger partial charge in [0.15, 0.2) is 19.7 Å². The Kier molecular flexibility index (Phi) is 8.21. The molecule has 3 rings (SSSR count). The first-order valence-electron chi connectivity index (χ1n) is 10.6. The van der Waals surface area contributed by atoms with Gasteiger partial charge in [-0.05, 0) is 60.4 Å². The number of sulfone groups is 2. The van der Waals surface area contributed by atoms with Crippen molar-refractivity contribution in [3.05, 3.63) is 128 Å². The van der Waals surface area contributed by atoms with Crippen LogP contribution in [-0.2, 0) is 19.7 Å². The average Bonchev–Trinajstić information content (AvgIpc) is 2.82. The lowest BCUT2D eigenvalue weighted by molar-refractivity contribution is 0.611. The first-order chi connectivity index (χ1) is 16.1. The molecule has 0 aliphatic rings. The van der Waals surface area contributed by atoms with Crippen molar-refractivity contribution in [2.45, 2.75) is 13.8 Å². The van der Waals surface area contributed by atoms with Crippen LogP contribution in [-0.4, -0.2) is 16.8 Å². The summed E-state index contributed by atoms with van der Waals surface area (Å²) in [7, 11) is -7.04. The Morgan fingerprint density at radius 1 is 0.412 bits per heavy atom. The lowest BCUT2D eigenvalue weighted by atomic mass is 10.1. The van der Waals surface area contributed by atoms with Crippen molar-refractivity contribution in [2.24, 2.45) is 0 Å². The van der Waals surface area contributed by atoms with Gasteiger partial charge in [-0.2, -0.15) is 0 Å². The minimum Gasteiger partial charge on any atom is -0.220 e. The highest BCUT2D eigenvalue weighted by Crippen LogP contribution is 2.13. The molecule has 0 bridgehead atoms. The Hall–Kier alpha value is -3.48. The molecule has 0 atom stereocenters. The molecule has 0 amide bonds. The molecule has 0 fully saturated rings. The summed E-state index contributed by atoms with van der Waals surface area (Å²) < 4.78 is 49.0. The van der Waals surface area contributed by atoms with Gasteiger partial charge in [0.05, 0.1) is 0 Å². The lowest BCUT2D eigenvalue weighted by Gasteiger charge is -1.97. The average molecular weight is 491 g/mol. The fourth-order valence-electron chi connectivity index (χ4n) is 2.86. The van der Waals surface area contributed by atoms with E-state index in [0.29, 0.717) is 11.1 Å². The second-order valence-electron chi connectivity index (χ2n) is 7.88. The number of hydrogen-bond acceptors (Lipinski definition) is 4. The van der Waals surface area contributed by atoms with Crippen LogP contribution in [0.4, 0.5) is 0 Å². The van der Waals surface area contributed by atoms with Crippen LogP contribution in [0, 0.1) is 13.8 Å². The van der Waals surface area contributed by atoms with Crippen LogP contribution < -0.4 is 0 Å². The third-order valence-corrected chi connectivity index (χ3v) is 6.95. The Balaban J connectivity index is 1.62. The molecule has 3 aromatic carbocycles. The fourth-order valence-corrected chi connectivity index (χ4v) is 4.43. The summed E-state index contributed by atoms with van der Waals surface area (Å²) in [6.45, 7) is 3.94. The van der Waals surface area contributed by atoms with E-state index in [0.717, 1.165) is 33.1 Å². The summed E-state index contributed by atoms with van der Waals surface area (Å²) in [6.07, 6.45) is 6.12. The Morgan fingerprint density at radius 3 is 0.853 bits per heavy atom. The Morgan fingerprint density at radius 2 is 0.618 bits per heavy atom. The van der Waals surface area contributed by atoms with E-state index in [1.165, 1.54) is 23.0 Å². The van der Waals surface area contributed by atoms with E-state index in [-0.39, 0.29) is 0 Å². The van der Waals surface area contributed by atoms with E-state index in [1.807, 2.05) is 62.4 Å². The van der Waals surface area contributed by atoms with E-state index in [1.54, 1.807) is 36.4 Å². The van der Waals surface area contributed by atoms with Crippen molar-refractivity contribution >= 4 is 44.0 Å². The van der Waals surface area contributed by atoms with E-state index < -0.39 is 19.7 Å². The normalized spacial score (nSPS) is 13.0. The van der Waals surface area contributed by atoms with Gasteiger partial charge in [-0.15, -0.1) is 0 Å². The lowest BCUT2D eigenvalue weighted by Crippen LogP contribution is -1.89. The number of rotatable bonds is 8. The largest absolute Gasteiger partial charge is 0.220 e. The Labute approximate surface area is 202 Å². The molecule has 0 heterocycles. The van der Waals surface area contributed by atoms with Crippen molar-refractivity contribution in [1.82, 2.24) is 0 Å². The summed E-state index contributed by atoms with van der Waals surface area (Å²) in [5.74, 6) is 0.